The highest BCUT2D eigenvalue weighted by molar-refractivity contribution is 5.10. The molecule has 1 aliphatic rings. The lowest BCUT2D eigenvalue weighted by atomic mass is 9.99. The fourth-order valence-electron chi connectivity index (χ4n) is 2.90. The third-order valence-electron chi connectivity index (χ3n) is 3.87. The van der Waals surface area contributed by atoms with Gasteiger partial charge in [-0.1, -0.05) is 5.16 Å². The van der Waals surface area contributed by atoms with E-state index in [-0.39, 0.29) is 0 Å². The average molecular weight is 314 g/mol. The van der Waals surface area contributed by atoms with Crippen LogP contribution in [0.4, 0.5) is 13.2 Å². The molecule has 2 aromatic rings. The number of hydrogen-bond acceptors (Lipinski definition) is 4. The largest absolute Gasteiger partial charge is 0.434 e. The van der Waals surface area contributed by atoms with Gasteiger partial charge in [-0.25, -0.2) is 4.98 Å². The second kappa shape index (κ2) is 5.75. The number of hydrogen-bond donors (Lipinski definition) is 0. The van der Waals surface area contributed by atoms with Crippen molar-refractivity contribution < 1.29 is 17.7 Å². The summed E-state index contributed by atoms with van der Waals surface area (Å²) in [5.41, 5.74) is 0.0556. The second-order valence-corrected chi connectivity index (χ2v) is 5.78. The van der Waals surface area contributed by atoms with Crippen LogP contribution in [0.15, 0.2) is 23.0 Å². The first-order valence-corrected chi connectivity index (χ1v) is 7.13. The van der Waals surface area contributed by atoms with E-state index in [0.29, 0.717) is 31.3 Å². The summed E-state index contributed by atoms with van der Waals surface area (Å²) in [7, 11) is 1.97. The number of aryl methyl sites for hydroxylation is 1. The Bertz CT molecular complexity index is 621. The summed E-state index contributed by atoms with van der Waals surface area (Å²) in [5, 5.41) is 3.86. The van der Waals surface area contributed by atoms with Crippen LogP contribution in [-0.2, 0) is 25.7 Å². The minimum absolute atomic E-state index is 0.305. The number of aromatic nitrogens is 3. The maximum Gasteiger partial charge on any atom is 0.434 e. The average Bonchev–Trinajstić information content (AvgIpc) is 3.06. The number of fused-ring (bicyclic) bond motifs is 1. The van der Waals surface area contributed by atoms with Crippen LogP contribution in [0.2, 0.25) is 0 Å². The summed E-state index contributed by atoms with van der Waals surface area (Å²) in [6.07, 6.45) is -0.293. The van der Waals surface area contributed by atoms with Crippen LogP contribution in [0.3, 0.4) is 0 Å². The molecule has 0 saturated heterocycles. The summed E-state index contributed by atoms with van der Waals surface area (Å²) in [6, 6.07) is 1.81. The molecule has 1 aliphatic heterocycles. The predicted molar refractivity (Wildman–Crippen MR) is 71.9 cm³/mol. The van der Waals surface area contributed by atoms with Gasteiger partial charge in [-0.05, 0) is 19.4 Å². The molecule has 0 aromatic carbocycles. The van der Waals surface area contributed by atoms with Crippen molar-refractivity contribution in [2.24, 2.45) is 5.92 Å². The Hall–Kier alpha value is -1.83. The molecule has 3 heterocycles. The van der Waals surface area contributed by atoms with E-state index in [4.69, 9.17) is 4.52 Å². The van der Waals surface area contributed by atoms with Crippen molar-refractivity contribution in [3.8, 4) is 0 Å². The van der Waals surface area contributed by atoms with Gasteiger partial charge in [0.15, 0.2) is 5.69 Å². The molecule has 120 valence electrons. The normalized spacial score (nSPS) is 18.7. The Morgan fingerprint density at radius 1 is 1.45 bits per heavy atom. The van der Waals surface area contributed by atoms with E-state index in [1.807, 2.05) is 7.05 Å². The number of halogens is 3. The number of alkyl halides is 3. The van der Waals surface area contributed by atoms with Crippen molar-refractivity contribution in [1.29, 1.82) is 0 Å². The minimum Gasteiger partial charge on any atom is -0.364 e. The van der Waals surface area contributed by atoms with Crippen molar-refractivity contribution >= 4 is 0 Å². The van der Waals surface area contributed by atoms with Crippen molar-refractivity contribution in [3.05, 3.63) is 35.7 Å². The summed E-state index contributed by atoms with van der Waals surface area (Å²) in [6.45, 7) is 2.03. The van der Waals surface area contributed by atoms with Gasteiger partial charge in [-0.3, -0.25) is 0 Å². The van der Waals surface area contributed by atoms with Gasteiger partial charge >= 0.3 is 6.18 Å². The fourth-order valence-corrected chi connectivity index (χ4v) is 2.90. The molecule has 8 heteroatoms. The highest BCUT2D eigenvalue weighted by Crippen LogP contribution is 2.30. The molecular formula is C14H17F3N4O. The van der Waals surface area contributed by atoms with Crippen LogP contribution in [-0.4, -0.2) is 33.2 Å². The van der Waals surface area contributed by atoms with E-state index < -0.39 is 11.9 Å². The van der Waals surface area contributed by atoms with E-state index in [0.717, 1.165) is 24.9 Å². The maximum atomic E-state index is 12.7. The van der Waals surface area contributed by atoms with Gasteiger partial charge in [-0.15, -0.1) is 0 Å². The lowest BCUT2D eigenvalue weighted by Crippen LogP contribution is -2.31. The van der Waals surface area contributed by atoms with Gasteiger partial charge in [0.1, 0.15) is 12.1 Å². The van der Waals surface area contributed by atoms with E-state index in [9.17, 15) is 13.2 Å². The van der Waals surface area contributed by atoms with Gasteiger partial charge in [0.25, 0.3) is 0 Å². The Balaban J connectivity index is 1.60. The maximum absolute atomic E-state index is 12.7. The first-order chi connectivity index (χ1) is 10.4. The van der Waals surface area contributed by atoms with E-state index in [1.165, 1.54) is 6.26 Å². The third kappa shape index (κ3) is 3.32. The predicted octanol–water partition coefficient (Wildman–Crippen LogP) is 2.58. The topological polar surface area (TPSA) is 47.1 Å². The van der Waals surface area contributed by atoms with Gasteiger partial charge in [0.05, 0.1) is 5.69 Å². The molecule has 5 nitrogen and oxygen atoms in total. The van der Waals surface area contributed by atoms with E-state index >= 15 is 0 Å². The first-order valence-electron chi connectivity index (χ1n) is 7.13. The van der Waals surface area contributed by atoms with Crippen molar-refractivity contribution in [1.82, 2.24) is 19.6 Å². The number of rotatable bonds is 4. The molecule has 2 aromatic heterocycles. The highest BCUT2D eigenvalue weighted by atomic mass is 19.4. The van der Waals surface area contributed by atoms with Gasteiger partial charge in [0.2, 0.25) is 0 Å². The molecule has 22 heavy (non-hydrogen) atoms. The van der Waals surface area contributed by atoms with Crippen LogP contribution in [0.5, 0.6) is 0 Å². The van der Waals surface area contributed by atoms with E-state index in [2.05, 4.69) is 15.0 Å². The number of imidazole rings is 1. The molecule has 0 spiro atoms. The third-order valence-corrected chi connectivity index (χ3v) is 3.87. The Morgan fingerprint density at radius 2 is 2.27 bits per heavy atom. The fraction of sp³-hybridized carbons (Fsp3) is 0.571. The van der Waals surface area contributed by atoms with Crippen molar-refractivity contribution in [2.45, 2.75) is 32.1 Å². The first kappa shape index (κ1) is 15.1. The summed E-state index contributed by atoms with van der Waals surface area (Å²) in [4.78, 5) is 5.80. The molecule has 1 atom stereocenters. The van der Waals surface area contributed by atoms with Crippen LogP contribution >= 0.6 is 0 Å². The zero-order chi connectivity index (χ0) is 15.7. The molecule has 3 rings (SSSR count). The van der Waals surface area contributed by atoms with Crippen LogP contribution < -0.4 is 0 Å². The SMILES string of the molecule is CN(Cc1ccon1)CC1CCc2nc(C(F)(F)F)cn2C1. The number of nitrogens with zero attached hydrogens (tertiary/aromatic N) is 4. The lowest BCUT2D eigenvalue weighted by Gasteiger charge is -2.27. The highest BCUT2D eigenvalue weighted by Gasteiger charge is 2.35. The molecule has 0 saturated carbocycles. The molecule has 0 bridgehead atoms. The Labute approximate surface area is 125 Å². The molecule has 0 aliphatic carbocycles. The van der Waals surface area contributed by atoms with Gasteiger partial charge in [0, 0.05) is 38.3 Å². The molecule has 0 amide bonds. The van der Waals surface area contributed by atoms with Crippen molar-refractivity contribution in [3.63, 3.8) is 0 Å². The smallest absolute Gasteiger partial charge is 0.364 e. The lowest BCUT2D eigenvalue weighted by molar-refractivity contribution is -0.141. The summed E-state index contributed by atoms with van der Waals surface area (Å²) in [5.74, 6) is 0.836. The van der Waals surface area contributed by atoms with E-state index in [1.54, 1.807) is 10.6 Å². The minimum atomic E-state index is -4.37. The van der Waals surface area contributed by atoms with Crippen LogP contribution in [0.1, 0.15) is 23.6 Å². The van der Waals surface area contributed by atoms with Gasteiger partial charge < -0.3 is 14.0 Å². The second-order valence-electron chi connectivity index (χ2n) is 5.78. The quantitative estimate of drug-likeness (QED) is 0.870. The Morgan fingerprint density at radius 3 is 2.95 bits per heavy atom. The molecular weight excluding hydrogens is 297 g/mol. The molecule has 0 radical (unpaired) electrons. The standard InChI is InChI=1S/C14H17F3N4O/c1-20(8-11-4-5-22-19-11)6-10-2-3-13-18-12(14(15,16)17)9-21(13)7-10/h4-5,9-10H,2-3,6-8H2,1H3. The monoisotopic (exact) mass is 314 g/mol. The zero-order valence-electron chi connectivity index (χ0n) is 12.2. The molecule has 0 fully saturated rings. The van der Waals surface area contributed by atoms with Crippen LogP contribution in [0, 0.1) is 5.92 Å². The zero-order valence-corrected chi connectivity index (χ0v) is 12.2. The van der Waals surface area contributed by atoms with Crippen LogP contribution in [0.25, 0.3) is 0 Å². The summed E-state index contributed by atoms with van der Waals surface area (Å²) < 4.78 is 44.5. The molecule has 0 N–H and O–H groups in total. The van der Waals surface area contributed by atoms with Crippen molar-refractivity contribution in [2.75, 3.05) is 13.6 Å². The molecule has 1 unspecified atom stereocenters. The van der Waals surface area contributed by atoms with Gasteiger partial charge in [-0.2, -0.15) is 13.2 Å². The Kier molecular flexibility index (Phi) is 3.94. The summed E-state index contributed by atoms with van der Waals surface area (Å²) >= 11 is 0.